The summed E-state index contributed by atoms with van der Waals surface area (Å²) in [5.74, 6) is -3.89. The Morgan fingerprint density at radius 3 is 2.77 bits per heavy atom. The van der Waals surface area contributed by atoms with Crippen LogP contribution in [0.3, 0.4) is 0 Å². The lowest BCUT2D eigenvalue weighted by atomic mass is 9.92. The number of hydrogen-bond donors (Lipinski definition) is 3. The number of ketones is 1. The number of carbonyl (C=O) groups is 3. The second-order valence-electron chi connectivity index (χ2n) is 8.11. The molecule has 0 radical (unpaired) electrons. The highest BCUT2D eigenvalue weighted by Crippen LogP contribution is 2.33. The number of nitrogens with one attached hydrogen (secondary N) is 3. The third kappa shape index (κ3) is 5.62. The van der Waals surface area contributed by atoms with Crippen LogP contribution in [-0.2, 0) is 14.4 Å². The average Bonchev–Trinajstić information content (AvgIpc) is 3.21. The maximum absolute atomic E-state index is 13.6. The molecule has 0 spiro atoms. The van der Waals surface area contributed by atoms with E-state index in [0.717, 1.165) is 0 Å². The Morgan fingerprint density at radius 1 is 1.29 bits per heavy atom. The van der Waals surface area contributed by atoms with Gasteiger partial charge in [0.1, 0.15) is 11.8 Å². The fraction of sp³-hybridized carbons (Fsp3) is 0.571. The van der Waals surface area contributed by atoms with Gasteiger partial charge in [0.25, 0.3) is 0 Å². The predicted octanol–water partition coefficient (Wildman–Crippen LogP) is 2.14. The SMILES string of the molecule is CC(=O)C(=N)c1ccncc1NCC(=O)N1CCC[C@H]1C(=O)NC1CCCC(F)(F)C1. The van der Waals surface area contributed by atoms with Crippen molar-refractivity contribution in [2.24, 2.45) is 0 Å². The van der Waals surface area contributed by atoms with Crippen molar-refractivity contribution in [1.82, 2.24) is 15.2 Å². The summed E-state index contributed by atoms with van der Waals surface area (Å²) in [4.78, 5) is 42.4. The van der Waals surface area contributed by atoms with Crippen molar-refractivity contribution < 1.29 is 23.2 Å². The van der Waals surface area contributed by atoms with Crippen molar-refractivity contribution in [1.29, 1.82) is 5.41 Å². The van der Waals surface area contributed by atoms with Gasteiger partial charge in [0.15, 0.2) is 5.78 Å². The van der Waals surface area contributed by atoms with Crippen LogP contribution < -0.4 is 10.6 Å². The summed E-state index contributed by atoms with van der Waals surface area (Å²) in [5.41, 5.74) is 0.519. The van der Waals surface area contributed by atoms with E-state index in [1.54, 1.807) is 0 Å². The van der Waals surface area contributed by atoms with Gasteiger partial charge in [-0.2, -0.15) is 0 Å². The van der Waals surface area contributed by atoms with E-state index in [-0.39, 0.29) is 31.0 Å². The molecule has 0 aromatic carbocycles. The zero-order chi connectivity index (χ0) is 22.6. The number of amides is 2. The van der Waals surface area contributed by atoms with Crippen molar-refractivity contribution in [3.8, 4) is 0 Å². The molecule has 1 saturated heterocycles. The number of likely N-dealkylation sites (tertiary alicyclic amines) is 1. The summed E-state index contributed by atoms with van der Waals surface area (Å²) >= 11 is 0. The Labute approximate surface area is 179 Å². The first-order valence-corrected chi connectivity index (χ1v) is 10.4. The zero-order valence-electron chi connectivity index (χ0n) is 17.4. The fourth-order valence-electron chi connectivity index (χ4n) is 4.15. The van der Waals surface area contributed by atoms with Gasteiger partial charge in [-0.3, -0.25) is 24.8 Å². The van der Waals surface area contributed by atoms with Crippen LogP contribution >= 0.6 is 0 Å². The Hall–Kier alpha value is -2.91. The Morgan fingerprint density at radius 2 is 2.06 bits per heavy atom. The lowest BCUT2D eigenvalue weighted by Crippen LogP contribution is -2.51. The van der Waals surface area contributed by atoms with E-state index in [1.807, 2.05) is 0 Å². The lowest BCUT2D eigenvalue weighted by molar-refractivity contribution is -0.138. The standard InChI is InChI=1S/C21H27F2N5O3/c1-13(29)19(24)15-6-8-25-11-16(15)26-12-18(30)28-9-3-5-17(28)20(31)27-14-4-2-7-21(22,23)10-14/h6,8,11,14,17,24,26H,2-5,7,9-10,12H2,1H3,(H,27,31)/t14?,17-/m0/s1. The highest BCUT2D eigenvalue weighted by molar-refractivity contribution is 6.45. The molecule has 168 valence electrons. The van der Waals surface area contributed by atoms with Gasteiger partial charge >= 0.3 is 0 Å². The summed E-state index contributed by atoms with van der Waals surface area (Å²) in [7, 11) is 0. The number of alkyl halides is 2. The molecular weight excluding hydrogens is 408 g/mol. The summed E-state index contributed by atoms with van der Waals surface area (Å²) in [6.07, 6.45) is 4.36. The van der Waals surface area contributed by atoms with Crippen LogP contribution in [-0.4, -0.2) is 64.3 Å². The maximum atomic E-state index is 13.6. The molecule has 2 fully saturated rings. The molecule has 1 unspecified atom stereocenters. The number of anilines is 1. The van der Waals surface area contributed by atoms with E-state index in [1.165, 1.54) is 30.3 Å². The fourth-order valence-corrected chi connectivity index (χ4v) is 4.15. The largest absolute Gasteiger partial charge is 0.374 e. The van der Waals surface area contributed by atoms with Crippen molar-refractivity contribution >= 4 is 29.0 Å². The van der Waals surface area contributed by atoms with Gasteiger partial charge in [-0.05, 0) is 31.7 Å². The van der Waals surface area contributed by atoms with Crippen LogP contribution in [0, 0.1) is 5.41 Å². The zero-order valence-corrected chi connectivity index (χ0v) is 17.4. The highest BCUT2D eigenvalue weighted by Gasteiger charge is 2.39. The number of nitrogens with zero attached hydrogens (tertiary/aromatic N) is 2. The topological polar surface area (TPSA) is 115 Å². The van der Waals surface area contributed by atoms with E-state index in [2.05, 4.69) is 15.6 Å². The van der Waals surface area contributed by atoms with Crippen molar-refractivity contribution in [2.45, 2.75) is 63.5 Å². The third-order valence-electron chi connectivity index (χ3n) is 5.73. The normalized spacial score (nSPS) is 22.6. The molecule has 1 saturated carbocycles. The predicted molar refractivity (Wildman–Crippen MR) is 110 cm³/mol. The van der Waals surface area contributed by atoms with Crippen molar-refractivity contribution in [2.75, 3.05) is 18.4 Å². The molecule has 2 aliphatic rings. The van der Waals surface area contributed by atoms with Gasteiger partial charge < -0.3 is 15.5 Å². The number of carbonyl (C=O) groups excluding carboxylic acids is 3. The molecule has 8 nitrogen and oxygen atoms in total. The van der Waals surface area contributed by atoms with Gasteiger partial charge in [-0.15, -0.1) is 0 Å². The lowest BCUT2D eigenvalue weighted by Gasteiger charge is -2.31. The van der Waals surface area contributed by atoms with E-state index < -0.39 is 29.7 Å². The molecule has 1 aliphatic carbocycles. The minimum atomic E-state index is -2.76. The maximum Gasteiger partial charge on any atom is 0.250 e. The van der Waals surface area contributed by atoms with E-state index in [9.17, 15) is 23.2 Å². The van der Waals surface area contributed by atoms with Gasteiger partial charge in [0.2, 0.25) is 17.7 Å². The van der Waals surface area contributed by atoms with Crippen molar-refractivity contribution in [3.63, 3.8) is 0 Å². The Bertz CT molecular complexity index is 876. The first-order valence-electron chi connectivity index (χ1n) is 10.4. The van der Waals surface area contributed by atoms with E-state index in [4.69, 9.17) is 5.41 Å². The molecule has 1 aromatic heterocycles. The number of rotatable bonds is 7. The monoisotopic (exact) mass is 435 g/mol. The molecule has 31 heavy (non-hydrogen) atoms. The van der Waals surface area contributed by atoms with Crippen LogP contribution in [0.15, 0.2) is 18.5 Å². The second-order valence-corrected chi connectivity index (χ2v) is 8.11. The summed E-state index contributed by atoms with van der Waals surface area (Å²) in [5, 5.41) is 13.5. The number of aromatic nitrogens is 1. The van der Waals surface area contributed by atoms with Crippen molar-refractivity contribution in [3.05, 3.63) is 24.0 Å². The molecule has 2 amide bonds. The minimum Gasteiger partial charge on any atom is -0.374 e. The first kappa shape index (κ1) is 22.8. The van der Waals surface area contributed by atoms with Crippen LogP contribution in [0.5, 0.6) is 0 Å². The summed E-state index contributed by atoms with van der Waals surface area (Å²) < 4.78 is 27.2. The highest BCUT2D eigenvalue weighted by atomic mass is 19.3. The van der Waals surface area contributed by atoms with Crippen LogP contribution in [0.25, 0.3) is 0 Å². The quantitative estimate of drug-likeness (QED) is 0.568. The van der Waals surface area contributed by atoms with Crippen LogP contribution in [0.1, 0.15) is 51.0 Å². The van der Waals surface area contributed by atoms with E-state index in [0.29, 0.717) is 43.5 Å². The Kier molecular flexibility index (Phi) is 6.97. The average molecular weight is 435 g/mol. The summed E-state index contributed by atoms with van der Waals surface area (Å²) in [6, 6.07) is 0.249. The summed E-state index contributed by atoms with van der Waals surface area (Å²) in [6.45, 7) is 1.55. The smallest absolute Gasteiger partial charge is 0.250 e. The van der Waals surface area contributed by atoms with Gasteiger partial charge in [0, 0.05) is 44.1 Å². The number of halogens is 2. The first-order chi connectivity index (χ1) is 14.7. The Balaban J connectivity index is 1.60. The van der Waals surface area contributed by atoms with Crippen LogP contribution in [0.2, 0.25) is 0 Å². The molecule has 1 aliphatic heterocycles. The molecule has 2 atom stereocenters. The number of Topliss-reactive ketones (excluding diaryl/α,β-unsaturated/α-hetero) is 1. The second kappa shape index (κ2) is 9.49. The van der Waals surface area contributed by atoms with E-state index >= 15 is 0 Å². The molecule has 1 aromatic rings. The van der Waals surface area contributed by atoms with Crippen LogP contribution in [0.4, 0.5) is 14.5 Å². The molecule has 10 heteroatoms. The van der Waals surface area contributed by atoms with Gasteiger partial charge in [-0.25, -0.2) is 8.78 Å². The molecule has 3 N–H and O–H groups in total. The third-order valence-corrected chi connectivity index (χ3v) is 5.73. The molecule has 2 heterocycles. The number of hydrogen-bond acceptors (Lipinski definition) is 6. The molecule has 3 rings (SSSR count). The number of pyridine rings is 1. The molecule has 0 bridgehead atoms. The molecular formula is C21H27F2N5O3. The minimum absolute atomic E-state index is 0.144. The van der Waals surface area contributed by atoms with Gasteiger partial charge in [0.05, 0.1) is 18.4 Å². The van der Waals surface area contributed by atoms with Gasteiger partial charge in [-0.1, -0.05) is 0 Å².